The molecule has 0 saturated heterocycles. The molecular weight excluding hydrogens is 144 g/mol. The van der Waals surface area contributed by atoms with E-state index in [1.807, 2.05) is 0 Å². The van der Waals surface area contributed by atoms with Gasteiger partial charge in [-0.15, -0.1) is 0 Å². The van der Waals surface area contributed by atoms with Crippen molar-refractivity contribution in [2.45, 2.75) is 32.3 Å². The fraction of sp³-hybridized carbons (Fsp3) is 0.875. The van der Waals surface area contributed by atoms with Crippen LogP contribution in [0.1, 0.15) is 26.2 Å². The van der Waals surface area contributed by atoms with Crippen molar-refractivity contribution in [3.8, 4) is 0 Å². The molecular formula is C8H14O3. The minimum Gasteiger partial charge on any atom is -0.466 e. The maximum Gasteiger partial charge on any atom is 0.311 e. The monoisotopic (exact) mass is 158 g/mol. The lowest BCUT2D eigenvalue weighted by molar-refractivity contribution is -0.150. The van der Waals surface area contributed by atoms with Crippen LogP contribution in [0.25, 0.3) is 0 Å². The maximum absolute atomic E-state index is 11.1. The molecule has 1 saturated carbocycles. The van der Waals surface area contributed by atoms with Gasteiger partial charge in [-0.25, -0.2) is 0 Å². The molecule has 0 bridgehead atoms. The molecule has 3 nitrogen and oxygen atoms in total. The summed E-state index contributed by atoms with van der Waals surface area (Å²) >= 11 is 0. The summed E-state index contributed by atoms with van der Waals surface area (Å²) in [5.41, 5.74) is 0. The van der Waals surface area contributed by atoms with Gasteiger partial charge in [0.15, 0.2) is 0 Å². The van der Waals surface area contributed by atoms with Crippen molar-refractivity contribution in [1.29, 1.82) is 0 Å². The normalized spacial score (nSPS) is 30.4. The molecule has 64 valence electrons. The molecule has 0 aromatic carbocycles. The number of esters is 1. The summed E-state index contributed by atoms with van der Waals surface area (Å²) < 4.78 is 4.80. The van der Waals surface area contributed by atoms with Crippen LogP contribution in [0.2, 0.25) is 0 Å². The Labute approximate surface area is 66.4 Å². The molecule has 1 N–H and O–H groups in total. The first kappa shape index (κ1) is 8.53. The van der Waals surface area contributed by atoms with Crippen molar-refractivity contribution >= 4 is 5.97 Å². The zero-order valence-corrected chi connectivity index (χ0v) is 6.75. The van der Waals surface area contributed by atoms with Crippen LogP contribution >= 0.6 is 0 Å². The van der Waals surface area contributed by atoms with Gasteiger partial charge in [0.1, 0.15) is 0 Å². The Kier molecular flexibility index (Phi) is 2.88. The van der Waals surface area contributed by atoms with Crippen LogP contribution in [0.5, 0.6) is 0 Å². The number of hydrogen-bond donors (Lipinski definition) is 1. The molecule has 0 aliphatic heterocycles. The first-order valence-electron chi connectivity index (χ1n) is 4.10. The largest absolute Gasteiger partial charge is 0.466 e. The Morgan fingerprint density at radius 2 is 2.36 bits per heavy atom. The maximum atomic E-state index is 11.1. The van der Waals surface area contributed by atoms with E-state index >= 15 is 0 Å². The Hall–Kier alpha value is -0.570. The van der Waals surface area contributed by atoms with Crippen LogP contribution in [0.3, 0.4) is 0 Å². The summed E-state index contributed by atoms with van der Waals surface area (Å²) in [6, 6.07) is 0. The van der Waals surface area contributed by atoms with Crippen LogP contribution in [-0.4, -0.2) is 23.8 Å². The fourth-order valence-electron chi connectivity index (χ4n) is 1.46. The van der Waals surface area contributed by atoms with Gasteiger partial charge in [-0.05, 0) is 26.2 Å². The van der Waals surface area contributed by atoms with Gasteiger partial charge in [0.25, 0.3) is 0 Å². The van der Waals surface area contributed by atoms with E-state index in [-0.39, 0.29) is 11.9 Å². The van der Waals surface area contributed by atoms with E-state index in [0.29, 0.717) is 6.61 Å². The van der Waals surface area contributed by atoms with Gasteiger partial charge in [-0.2, -0.15) is 0 Å². The molecule has 0 heterocycles. The molecule has 0 aromatic heterocycles. The van der Waals surface area contributed by atoms with E-state index in [0.717, 1.165) is 19.3 Å². The highest BCUT2D eigenvalue weighted by Gasteiger charge is 2.32. The predicted molar refractivity (Wildman–Crippen MR) is 40.0 cm³/mol. The third-order valence-electron chi connectivity index (χ3n) is 2.07. The van der Waals surface area contributed by atoms with Crippen molar-refractivity contribution in [2.75, 3.05) is 6.61 Å². The van der Waals surface area contributed by atoms with E-state index in [4.69, 9.17) is 4.74 Å². The summed E-state index contributed by atoms with van der Waals surface area (Å²) in [4.78, 5) is 11.1. The number of carbonyl (C=O) groups is 1. The van der Waals surface area contributed by atoms with Gasteiger partial charge in [0, 0.05) is 0 Å². The third kappa shape index (κ3) is 1.93. The molecule has 0 spiro atoms. The lowest BCUT2D eigenvalue weighted by Gasteiger charge is -2.11. The second-order valence-corrected chi connectivity index (χ2v) is 2.86. The smallest absolute Gasteiger partial charge is 0.311 e. The van der Waals surface area contributed by atoms with Gasteiger partial charge in [0.05, 0.1) is 18.6 Å². The van der Waals surface area contributed by atoms with Gasteiger partial charge < -0.3 is 9.84 Å². The Morgan fingerprint density at radius 1 is 1.64 bits per heavy atom. The average Bonchev–Trinajstić information content (AvgIpc) is 2.36. The summed E-state index contributed by atoms with van der Waals surface area (Å²) in [7, 11) is 0. The fourth-order valence-corrected chi connectivity index (χ4v) is 1.46. The molecule has 0 unspecified atom stereocenters. The quantitative estimate of drug-likeness (QED) is 0.602. The van der Waals surface area contributed by atoms with E-state index in [9.17, 15) is 9.90 Å². The molecule has 3 heteroatoms. The van der Waals surface area contributed by atoms with Crippen molar-refractivity contribution in [2.24, 2.45) is 5.92 Å². The number of hydrogen-bond acceptors (Lipinski definition) is 3. The van der Waals surface area contributed by atoms with Crippen LogP contribution in [-0.2, 0) is 9.53 Å². The number of aliphatic hydroxyl groups is 1. The second kappa shape index (κ2) is 3.72. The van der Waals surface area contributed by atoms with Crippen molar-refractivity contribution in [1.82, 2.24) is 0 Å². The molecule has 11 heavy (non-hydrogen) atoms. The van der Waals surface area contributed by atoms with Crippen LogP contribution in [0.15, 0.2) is 0 Å². The lowest BCUT2D eigenvalue weighted by Crippen LogP contribution is -2.24. The highest BCUT2D eigenvalue weighted by atomic mass is 16.5. The minimum absolute atomic E-state index is 0.238. The zero-order chi connectivity index (χ0) is 8.27. The van der Waals surface area contributed by atoms with E-state index < -0.39 is 6.10 Å². The number of aliphatic hydroxyl groups excluding tert-OH is 1. The second-order valence-electron chi connectivity index (χ2n) is 2.86. The summed E-state index contributed by atoms with van der Waals surface area (Å²) in [6.07, 6.45) is 1.99. The molecule has 1 fully saturated rings. The highest BCUT2D eigenvalue weighted by Crippen LogP contribution is 2.26. The number of ether oxygens (including phenoxy) is 1. The third-order valence-corrected chi connectivity index (χ3v) is 2.07. The van der Waals surface area contributed by atoms with E-state index in [1.165, 1.54) is 0 Å². The summed E-state index contributed by atoms with van der Waals surface area (Å²) in [5, 5.41) is 9.29. The van der Waals surface area contributed by atoms with Gasteiger partial charge >= 0.3 is 5.97 Å². The standard InChI is InChI=1S/C8H14O3/c1-2-11-8(10)6-4-3-5-7(6)9/h6-7,9H,2-5H2,1H3/t6-,7-/m1/s1. The highest BCUT2D eigenvalue weighted by molar-refractivity contribution is 5.73. The Balaban J connectivity index is 2.39. The topological polar surface area (TPSA) is 46.5 Å². The van der Waals surface area contributed by atoms with Crippen molar-refractivity contribution in [3.05, 3.63) is 0 Å². The molecule has 1 rings (SSSR count). The summed E-state index contributed by atoms with van der Waals surface area (Å²) in [6.45, 7) is 2.18. The molecule has 2 atom stereocenters. The van der Waals surface area contributed by atoms with Crippen LogP contribution < -0.4 is 0 Å². The molecule has 1 aliphatic rings. The van der Waals surface area contributed by atoms with Crippen molar-refractivity contribution < 1.29 is 14.6 Å². The van der Waals surface area contributed by atoms with E-state index in [1.54, 1.807) is 6.92 Å². The SMILES string of the molecule is CCOC(=O)[C@@H]1CCC[C@H]1O. The number of rotatable bonds is 2. The molecule has 0 radical (unpaired) electrons. The zero-order valence-electron chi connectivity index (χ0n) is 6.75. The van der Waals surface area contributed by atoms with E-state index in [2.05, 4.69) is 0 Å². The molecule has 1 aliphatic carbocycles. The van der Waals surface area contributed by atoms with Gasteiger partial charge in [0.2, 0.25) is 0 Å². The Bertz CT molecular complexity index is 144. The van der Waals surface area contributed by atoms with Crippen molar-refractivity contribution in [3.63, 3.8) is 0 Å². The first-order valence-corrected chi connectivity index (χ1v) is 4.10. The number of carbonyl (C=O) groups excluding carboxylic acids is 1. The van der Waals surface area contributed by atoms with Gasteiger partial charge in [-0.1, -0.05) is 0 Å². The predicted octanol–water partition coefficient (Wildman–Crippen LogP) is 0.710. The van der Waals surface area contributed by atoms with Crippen LogP contribution in [0, 0.1) is 5.92 Å². The van der Waals surface area contributed by atoms with Crippen LogP contribution in [0.4, 0.5) is 0 Å². The molecule has 0 aromatic rings. The van der Waals surface area contributed by atoms with Gasteiger partial charge in [-0.3, -0.25) is 4.79 Å². The average molecular weight is 158 g/mol. The lowest BCUT2D eigenvalue weighted by atomic mass is 10.1. The molecule has 0 amide bonds. The first-order chi connectivity index (χ1) is 5.25. The Morgan fingerprint density at radius 3 is 2.82 bits per heavy atom. The minimum atomic E-state index is -0.464. The summed E-state index contributed by atoms with van der Waals surface area (Å²) in [5.74, 6) is -0.493.